The molecule has 3 amide bonds. The van der Waals surface area contributed by atoms with Crippen LogP contribution in [-0.4, -0.2) is 77.2 Å². The summed E-state index contributed by atoms with van der Waals surface area (Å²) in [5, 5.41) is 14.2. The number of amides is 3. The number of benzene rings is 1. The van der Waals surface area contributed by atoms with Gasteiger partial charge in [-0.2, -0.15) is 18.2 Å². The average Bonchev–Trinajstić information content (AvgIpc) is 3.45. The van der Waals surface area contributed by atoms with E-state index in [4.69, 9.17) is 9.52 Å². The standard InChI is InChI=1S/C28H30F3N7O5/c1-17-3-2-10-38(16-17)27-35-23(28(29,30)31)22(43-27)24(39)33-20-8-9-21(32-15-20)36-11-13-37(14-12-36)26(42)34-19-6-4-18(5-7-19)25(40)41/h4-9,15,17H,2-3,10-14,16H2,1H3,(H,33,39)(H,34,42)(H,40,41). The number of rotatable bonds is 6. The number of piperidine rings is 1. The number of urea groups is 1. The Morgan fingerprint density at radius 3 is 2.26 bits per heavy atom. The van der Waals surface area contributed by atoms with E-state index in [1.165, 1.54) is 36.5 Å². The van der Waals surface area contributed by atoms with E-state index in [1.54, 1.807) is 15.9 Å². The van der Waals surface area contributed by atoms with Crippen molar-refractivity contribution in [2.75, 3.05) is 59.7 Å². The number of hydrogen-bond donors (Lipinski definition) is 3. The fraction of sp³-hybridized carbons (Fsp3) is 0.393. The van der Waals surface area contributed by atoms with Crippen LogP contribution in [0.15, 0.2) is 47.0 Å². The third kappa shape index (κ3) is 6.98. The number of nitrogens with zero attached hydrogens (tertiary/aromatic N) is 5. The Morgan fingerprint density at radius 1 is 0.953 bits per heavy atom. The molecule has 5 rings (SSSR count). The summed E-state index contributed by atoms with van der Waals surface area (Å²) >= 11 is 0. The lowest BCUT2D eigenvalue weighted by Crippen LogP contribution is -2.50. The lowest BCUT2D eigenvalue weighted by Gasteiger charge is -2.35. The molecular weight excluding hydrogens is 571 g/mol. The van der Waals surface area contributed by atoms with Crippen LogP contribution in [0.3, 0.4) is 0 Å². The molecule has 0 radical (unpaired) electrons. The van der Waals surface area contributed by atoms with E-state index in [2.05, 4.69) is 20.6 Å². The number of piperazine rings is 1. The van der Waals surface area contributed by atoms with Gasteiger partial charge in [0.15, 0.2) is 5.69 Å². The normalized spacial score (nSPS) is 17.5. The SMILES string of the molecule is CC1CCCN(c2nc(C(F)(F)F)c(C(=O)Nc3ccc(N4CCN(C(=O)Nc5ccc(C(=O)O)cc5)CC4)nc3)o2)C1. The Morgan fingerprint density at radius 2 is 1.65 bits per heavy atom. The minimum Gasteiger partial charge on any atom is -0.478 e. The van der Waals surface area contributed by atoms with E-state index >= 15 is 0 Å². The predicted octanol–water partition coefficient (Wildman–Crippen LogP) is 4.63. The van der Waals surface area contributed by atoms with Crippen molar-refractivity contribution < 1.29 is 37.1 Å². The van der Waals surface area contributed by atoms with Crippen molar-refractivity contribution >= 4 is 41.1 Å². The van der Waals surface area contributed by atoms with Crippen molar-refractivity contribution in [3.8, 4) is 0 Å². The van der Waals surface area contributed by atoms with Crippen LogP contribution in [-0.2, 0) is 6.18 Å². The monoisotopic (exact) mass is 601 g/mol. The van der Waals surface area contributed by atoms with Crippen LogP contribution in [0.2, 0.25) is 0 Å². The van der Waals surface area contributed by atoms with Crippen molar-refractivity contribution in [1.29, 1.82) is 0 Å². The first-order valence-electron chi connectivity index (χ1n) is 13.7. The summed E-state index contributed by atoms with van der Waals surface area (Å²) < 4.78 is 46.5. The third-order valence-electron chi connectivity index (χ3n) is 7.30. The zero-order valence-electron chi connectivity index (χ0n) is 23.2. The van der Waals surface area contributed by atoms with Crippen LogP contribution < -0.4 is 20.4 Å². The Bertz CT molecular complexity index is 1470. The molecule has 0 spiro atoms. The maximum Gasteiger partial charge on any atom is 0.437 e. The second-order valence-corrected chi connectivity index (χ2v) is 10.5. The maximum absolute atomic E-state index is 13.7. The zero-order valence-corrected chi connectivity index (χ0v) is 23.2. The molecule has 2 aliphatic heterocycles. The van der Waals surface area contributed by atoms with Gasteiger partial charge in [-0.3, -0.25) is 4.79 Å². The number of pyridine rings is 1. The smallest absolute Gasteiger partial charge is 0.437 e. The summed E-state index contributed by atoms with van der Waals surface area (Å²) in [6.45, 7) is 4.70. The highest BCUT2D eigenvalue weighted by Crippen LogP contribution is 2.35. The molecule has 2 saturated heterocycles. The van der Waals surface area contributed by atoms with Crippen LogP contribution in [0.5, 0.6) is 0 Å². The van der Waals surface area contributed by atoms with E-state index in [0.29, 0.717) is 50.8 Å². The summed E-state index contributed by atoms with van der Waals surface area (Å²) in [6.07, 6.45) is -1.79. The number of aromatic nitrogens is 2. The van der Waals surface area contributed by atoms with Crippen molar-refractivity contribution in [2.45, 2.75) is 25.9 Å². The molecule has 2 aromatic heterocycles. The molecule has 0 saturated carbocycles. The molecule has 2 aliphatic rings. The Balaban J connectivity index is 1.17. The van der Waals surface area contributed by atoms with Gasteiger partial charge < -0.3 is 34.9 Å². The van der Waals surface area contributed by atoms with Gasteiger partial charge in [0.25, 0.3) is 11.9 Å². The highest BCUT2D eigenvalue weighted by Gasteiger charge is 2.42. The Labute approximate surface area is 244 Å². The minimum absolute atomic E-state index is 0.116. The number of carbonyl (C=O) groups excluding carboxylic acids is 2. The number of alkyl halides is 3. The first kappa shape index (κ1) is 29.7. The number of nitrogens with one attached hydrogen (secondary N) is 2. The van der Waals surface area contributed by atoms with Crippen molar-refractivity contribution in [2.24, 2.45) is 5.92 Å². The van der Waals surface area contributed by atoms with Crippen LogP contribution in [0.25, 0.3) is 0 Å². The highest BCUT2D eigenvalue weighted by molar-refractivity contribution is 6.03. The Hall–Kier alpha value is -4.82. The summed E-state index contributed by atoms with van der Waals surface area (Å²) in [5.41, 5.74) is -0.604. The van der Waals surface area contributed by atoms with Gasteiger partial charge in [0.05, 0.1) is 17.4 Å². The lowest BCUT2D eigenvalue weighted by molar-refractivity contribution is -0.141. The number of oxazole rings is 1. The van der Waals surface area contributed by atoms with E-state index < -0.39 is 29.5 Å². The van der Waals surface area contributed by atoms with Crippen molar-refractivity contribution in [1.82, 2.24) is 14.9 Å². The molecular formula is C28H30F3N7O5. The number of anilines is 4. The molecule has 1 unspecified atom stereocenters. The second kappa shape index (κ2) is 12.2. The van der Waals surface area contributed by atoms with Crippen molar-refractivity contribution in [3.63, 3.8) is 0 Å². The number of aromatic carboxylic acids is 1. The van der Waals surface area contributed by atoms with Gasteiger partial charge in [-0.05, 0) is 55.2 Å². The highest BCUT2D eigenvalue weighted by atomic mass is 19.4. The molecule has 0 bridgehead atoms. The largest absolute Gasteiger partial charge is 0.478 e. The fourth-order valence-corrected chi connectivity index (χ4v) is 5.03. The number of carboxylic acid groups (broad SMARTS) is 1. The maximum atomic E-state index is 13.7. The van der Waals surface area contributed by atoms with Crippen LogP contribution in [0.4, 0.5) is 41.2 Å². The number of hydrogen-bond acceptors (Lipinski definition) is 8. The van der Waals surface area contributed by atoms with Gasteiger partial charge in [-0.1, -0.05) is 6.92 Å². The Kier molecular flexibility index (Phi) is 8.41. The molecule has 43 heavy (non-hydrogen) atoms. The zero-order chi connectivity index (χ0) is 30.7. The van der Waals surface area contributed by atoms with Crippen LogP contribution in [0.1, 0.15) is 46.4 Å². The van der Waals surface area contributed by atoms with E-state index in [1.807, 2.05) is 11.8 Å². The third-order valence-corrected chi connectivity index (χ3v) is 7.30. The van der Waals surface area contributed by atoms with Crippen molar-refractivity contribution in [3.05, 3.63) is 59.6 Å². The second-order valence-electron chi connectivity index (χ2n) is 10.5. The fourth-order valence-electron chi connectivity index (χ4n) is 5.03. The molecule has 1 aromatic carbocycles. The first-order chi connectivity index (χ1) is 20.5. The molecule has 228 valence electrons. The molecule has 2 fully saturated rings. The molecule has 3 aromatic rings. The minimum atomic E-state index is -4.87. The number of carbonyl (C=O) groups is 3. The van der Waals surface area contributed by atoms with Gasteiger partial charge in [0, 0.05) is 45.0 Å². The van der Waals surface area contributed by atoms with Crippen LogP contribution >= 0.6 is 0 Å². The molecule has 3 N–H and O–H groups in total. The van der Waals surface area contributed by atoms with E-state index in [9.17, 15) is 27.6 Å². The number of halogens is 3. The summed E-state index contributed by atoms with van der Waals surface area (Å²) in [5.74, 6) is -2.21. The average molecular weight is 602 g/mol. The van der Waals surface area contributed by atoms with Gasteiger partial charge in [0.2, 0.25) is 5.76 Å². The van der Waals surface area contributed by atoms with Crippen LogP contribution in [0, 0.1) is 5.92 Å². The van der Waals surface area contributed by atoms with Gasteiger partial charge in [-0.15, -0.1) is 0 Å². The molecule has 0 aliphatic carbocycles. The first-order valence-corrected chi connectivity index (χ1v) is 13.7. The van der Waals surface area contributed by atoms with Gasteiger partial charge >= 0.3 is 18.2 Å². The molecule has 12 nitrogen and oxygen atoms in total. The molecule has 15 heteroatoms. The summed E-state index contributed by atoms with van der Waals surface area (Å²) in [4.78, 5) is 49.6. The van der Waals surface area contributed by atoms with Gasteiger partial charge in [0.1, 0.15) is 5.82 Å². The van der Waals surface area contributed by atoms with E-state index in [-0.39, 0.29) is 29.2 Å². The molecule has 4 heterocycles. The summed E-state index contributed by atoms with van der Waals surface area (Å²) in [7, 11) is 0. The number of carboxylic acids is 1. The molecule has 1 atom stereocenters. The quantitative estimate of drug-likeness (QED) is 0.368. The predicted molar refractivity (Wildman–Crippen MR) is 151 cm³/mol. The summed E-state index contributed by atoms with van der Waals surface area (Å²) in [6, 6.07) is 8.45. The topological polar surface area (TPSA) is 144 Å². The van der Waals surface area contributed by atoms with E-state index in [0.717, 1.165) is 12.8 Å². The van der Waals surface area contributed by atoms with Gasteiger partial charge in [-0.25, -0.2) is 14.6 Å². The lowest BCUT2D eigenvalue weighted by atomic mass is 10.0.